The minimum absolute atomic E-state index is 0.0574. The third kappa shape index (κ3) is 3.67. The predicted molar refractivity (Wildman–Crippen MR) is 93.4 cm³/mol. The highest BCUT2D eigenvalue weighted by Gasteiger charge is 2.47. The molecule has 0 aliphatic rings. The van der Waals surface area contributed by atoms with Gasteiger partial charge in [0.1, 0.15) is 4.75 Å². The van der Waals surface area contributed by atoms with Crippen molar-refractivity contribution in [1.29, 1.82) is 0 Å². The van der Waals surface area contributed by atoms with Gasteiger partial charge in [0, 0.05) is 18.2 Å². The summed E-state index contributed by atoms with van der Waals surface area (Å²) in [7, 11) is -1.83. The summed E-state index contributed by atoms with van der Waals surface area (Å²) >= 11 is 0. The number of carbonyl (C=O) groups is 1. The molecule has 0 fully saturated rings. The van der Waals surface area contributed by atoms with E-state index < -0.39 is 19.3 Å². The summed E-state index contributed by atoms with van der Waals surface area (Å²) in [6.07, 6.45) is 0.0574. The number of carbonyl (C=O) groups excluding carboxylic acids is 1. The molecule has 0 N–H and O–H groups in total. The average molecular weight is 343 g/mol. The molecule has 0 saturated carbocycles. The molecule has 0 bridgehead atoms. The topological polar surface area (TPSA) is 69.0 Å². The number of aromatic nitrogens is 2. The number of nitrogens with zero attached hydrogens (tertiary/aromatic N) is 2. The van der Waals surface area contributed by atoms with Crippen molar-refractivity contribution in [1.82, 2.24) is 9.78 Å². The average Bonchev–Trinajstić information content (AvgIpc) is 2.69. The molecule has 0 radical (unpaired) electrons. The number of rotatable bonds is 4. The van der Waals surface area contributed by atoms with Crippen molar-refractivity contribution in [3.63, 3.8) is 0 Å². The summed E-state index contributed by atoms with van der Waals surface area (Å²) < 4.78 is 24.7. The fourth-order valence-electron chi connectivity index (χ4n) is 2.33. The molecule has 0 aliphatic carbocycles. The molecule has 132 valence electrons. The number of ketones is 1. The zero-order valence-corrected chi connectivity index (χ0v) is 16.6. The summed E-state index contributed by atoms with van der Waals surface area (Å²) in [5, 5.41) is 4.44. The Morgan fingerprint density at radius 2 is 1.57 bits per heavy atom. The van der Waals surface area contributed by atoms with Crippen LogP contribution in [-0.2, 0) is 33.5 Å². The van der Waals surface area contributed by atoms with Gasteiger partial charge in [-0.1, -0.05) is 20.8 Å². The Kier molecular flexibility index (Phi) is 4.95. The Hall–Kier alpha value is -1.17. The molecule has 0 unspecified atom stereocenters. The van der Waals surface area contributed by atoms with Crippen molar-refractivity contribution in [2.45, 2.75) is 76.7 Å². The quantitative estimate of drug-likeness (QED) is 0.844. The molecule has 1 rings (SSSR count). The van der Waals surface area contributed by atoms with Gasteiger partial charge in [-0.15, -0.1) is 0 Å². The van der Waals surface area contributed by atoms with Crippen LogP contribution in [-0.4, -0.2) is 33.5 Å². The molecule has 0 aliphatic heterocycles. The number of Topliss-reactive ketones (excluding diaryl/α,β-unsaturated/α-hetero) is 1. The Morgan fingerprint density at radius 3 is 1.91 bits per heavy atom. The lowest BCUT2D eigenvalue weighted by molar-refractivity contribution is -0.120. The molecule has 1 aromatic rings. The van der Waals surface area contributed by atoms with Gasteiger partial charge in [-0.05, 0) is 40.7 Å². The first kappa shape index (κ1) is 19.9. The molecule has 0 saturated heterocycles. The summed E-state index contributed by atoms with van der Waals surface area (Å²) in [5.74, 6) is -0.309. The van der Waals surface area contributed by atoms with Crippen LogP contribution < -0.4 is 0 Å². The van der Waals surface area contributed by atoms with Crippen LogP contribution >= 0.6 is 0 Å². The van der Waals surface area contributed by atoms with Gasteiger partial charge >= 0.3 is 0 Å². The van der Waals surface area contributed by atoms with Crippen LogP contribution in [0.2, 0.25) is 0 Å². The number of sulfone groups is 1. The van der Waals surface area contributed by atoms with E-state index >= 15 is 0 Å². The summed E-state index contributed by atoms with van der Waals surface area (Å²) in [4.78, 5) is 12.7. The lowest BCUT2D eigenvalue weighted by Crippen LogP contribution is -2.49. The van der Waals surface area contributed by atoms with Gasteiger partial charge in [0.05, 0.1) is 16.9 Å². The maximum Gasteiger partial charge on any atom is 0.167 e. The molecule has 0 atom stereocenters. The molecule has 1 heterocycles. The second-order valence-electron chi connectivity index (χ2n) is 8.62. The first-order valence-corrected chi connectivity index (χ1v) is 9.31. The van der Waals surface area contributed by atoms with Crippen molar-refractivity contribution >= 4 is 15.6 Å². The lowest BCUT2D eigenvalue weighted by Gasteiger charge is -2.31. The third-order valence-electron chi connectivity index (χ3n) is 4.24. The second kappa shape index (κ2) is 5.72. The van der Waals surface area contributed by atoms with Crippen LogP contribution in [0, 0.1) is 0 Å². The Labute approximate surface area is 140 Å². The Bertz CT molecular complexity index is 699. The van der Waals surface area contributed by atoms with Crippen LogP contribution in [0.5, 0.6) is 0 Å². The number of hydrogen-bond acceptors (Lipinski definition) is 4. The van der Waals surface area contributed by atoms with Crippen molar-refractivity contribution in [2.24, 2.45) is 7.05 Å². The maximum atomic E-state index is 12.7. The molecular weight excluding hydrogens is 312 g/mol. The SMILES string of the molecule is Cn1nc(C(C)(C)C)cc1CC(=O)C(C)(C)S(=O)(=O)C(C)(C)C. The highest BCUT2D eigenvalue weighted by atomic mass is 32.2. The minimum atomic E-state index is -3.61. The van der Waals surface area contributed by atoms with Gasteiger partial charge in [-0.3, -0.25) is 9.48 Å². The highest BCUT2D eigenvalue weighted by molar-refractivity contribution is 7.94. The van der Waals surface area contributed by atoms with E-state index in [-0.39, 0.29) is 17.6 Å². The van der Waals surface area contributed by atoms with Crippen molar-refractivity contribution in [2.75, 3.05) is 0 Å². The fourth-order valence-corrected chi connectivity index (χ4v) is 4.23. The van der Waals surface area contributed by atoms with E-state index in [0.29, 0.717) is 0 Å². The molecule has 6 heteroatoms. The number of aryl methyl sites for hydroxylation is 1. The zero-order chi connectivity index (χ0) is 18.4. The van der Waals surface area contributed by atoms with Gasteiger partial charge in [-0.25, -0.2) is 8.42 Å². The van der Waals surface area contributed by atoms with Gasteiger partial charge in [0.2, 0.25) is 0 Å². The number of hydrogen-bond donors (Lipinski definition) is 0. The standard InChI is InChI=1S/C17H30N2O3S/c1-15(2,3)13-10-12(19(9)18-13)11-14(20)17(7,8)23(21,22)16(4,5)6/h10H,11H2,1-9H3. The molecule has 23 heavy (non-hydrogen) atoms. The minimum Gasteiger partial charge on any atom is -0.298 e. The molecular formula is C17H30N2O3S. The highest BCUT2D eigenvalue weighted by Crippen LogP contribution is 2.31. The largest absolute Gasteiger partial charge is 0.298 e. The first-order valence-electron chi connectivity index (χ1n) is 7.82. The maximum absolute atomic E-state index is 12.7. The van der Waals surface area contributed by atoms with Crippen molar-refractivity contribution < 1.29 is 13.2 Å². The van der Waals surface area contributed by atoms with E-state index in [9.17, 15) is 13.2 Å². The fraction of sp³-hybridized carbons (Fsp3) is 0.765. The zero-order valence-electron chi connectivity index (χ0n) is 15.8. The molecule has 5 nitrogen and oxygen atoms in total. The molecule has 0 amide bonds. The summed E-state index contributed by atoms with van der Waals surface area (Å²) in [6.45, 7) is 14.0. The normalized spacial score (nSPS) is 14.1. The van der Waals surface area contributed by atoms with Crippen LogP contribution in [0.1, 0.15) is 66.8 Å². The first-order chi connectivity index (χ1) is 10.0. The predicted octanol–water partition coefficient (Wildman–Crippen LogP) is 2.82. The van der Waals surface area contributed by atoms with Gasteiger partial charge < -0.3 is 0 Å². The van der Waals surface area contributed by atoms with E-state index in [1.54, 1.807) is 32.5 Å². The van der Waals surface area contributed by atoms with Gasteiger partial charge in [0.15, 0.2) is 15.6 Å². The Balaban J connectivity index is 3.16. The van der Waals surface area contributed by atoms with Crippen LogP contribution in [0.4, 0.5) is 0 Å². The molecule has 0 aromatic carbocycles. The lowest BCUT2D eigenvalue weighted by atomic mass is 9.92. The van der Waals surface area contributed by atoms with Gasteiger partial charge in [-0.2, -0.15) is 5.10 Å². The Morgan fingerprint density at radius 1 is 1.09 bits per heavy atom. The van der Waals surface area contributed by atoms with E-state index in [0.717, 1.165) is 11.4 Å². The monoisotopic (exact) mass is 342 g/mol. The van der Waals surface area contributed by atoms with E-state index in [1.807, 2.05) is 6.07 Å². The van der Waals surface area contributed by atoms with Crippen molar-refractivity contribution in [3.8, 4) is 0 Å². The van der Waals surface area contributed by atoms with E-state index in [2.05, 4.69) is 25.9 Å². The smallest absolute Gasteiger partial charge is 0.167 e. The molecule has 1 aromatic heterocycles. The van der Waals surface area contributed by atoms with Gasteiger partial charge in [0.25, 0.3) is 0 Å². The summed E-state index contributed by atoms with van der Waals surface area (Å²) in [5.41, 5.74) is 1.50. The van der Waals surface area contributed by atoms with E-state index in [1.165, 1.54) is 13.8 Å². The second-order valence-corrected chi connectivity index (χ2v) is 11.9. The summed E-state index contributed by atoms with van der Waals surface area (Å²) in [6, 6.07) is 1.89. The molecule has 0 spiro atoms. The van der Waals surface area contributed by atoms with Crippen LogP contribution in [0.25, 0.3) is 0 Å². The van der Waals surface area contributed by atoms with E-state index in [4.69, 9.17) is 0 Å². The third-order valence-corrected chi connectivity index (χ3v) is 7.42. The van der Waals surface area contributed by atoms with Crippen molar-refractivity contribution in [3.05, 3.63) is 17.5 Å². The van der Waals surface area contributed by atoms with Crippen LogP contribution in [0.15, 0.2) is 6.07 Å². The van der Waals surface area contributed by atoms with Crippen LogP contribution in [0.3, 0.4) is 0 Å².